The number of benzene rings is 1. The monoisotopic (exact) mass is 382 g/mol. The fraction of sp³-hybridized carbons (Fsp3) is 0.529. The molecule has 26 heavy (non-hydrogen) atoms. The Morgan fingerprint density at radius 3 is 2.77 bits per heavy atom. The van der Waals surface area contributed by atoms with E-state index < -0.39 is 27.9 Å². The molecule has 1 saturated heterocycles. The van der Waals surface area contributed by atoms with E-state index in [9.17, 15) is 23.1 Å². The first-order valence-electron chi connectivity index (χ1n) is 8.49. The molecule has 2 atom stereocenters. The molecule has 9 heteroatoms. The summed E-state index contributed by atoms with van der Waals surface area (Å²) in [6.07, 6.45) is 3.12. The van der Waals surface area contributed by atoms with Crippen molar-refractivity contribution in [1.29, 1.82) is 0 Å². The van der Waals surface area contributed by atoms with E-state index in [1.807, 2.05) is 0 Å². The van der Waals surface area contributed by atoms with Crippen LogP contribution in [0.4, 0.5) is 5.69 Å². The summed E-state index contributed by atoms with van der Waals surface area (Å²) < 4.78 is 30.2. The highest BCUT2D eigenvalue weighted by Crippen LogP contribution is 2.30. The number of ether oxygens (including phenoxy) is 1. The van der Waals surface area contributed by atoms with E-state index in [2.05, 4.69) is 5.32 Å². The first-order valence-corrected chi connectivity index (χ1v) is 10.3. The molecular weight excluding hydrogens is 360 g/mol. The lowest BCUT2D eigenvalue weighted by molar-refractivity contribution is -0.142. The van der Waals surface area contributed by atoms with Crippen LogP contribution < -0.4 is 9.62 Å². The summed E-state index contributed by atoms with van der Waals surface area (Å²) in [7, 11) is -3.35. The fourth-order valence-electron chi connectivity index (χ4n) is 3.49. The molecule has 0 radical (unpaired) electrons. The van der Waals surface area contributed by atoms with Gasteiger partial charge in [-0.3, -0.25) is 9.10 Å². The highest BCUT2D eigenvalue weighted by Gasteiger charge is 2.32. The van der Waals surface area contributed by atoms with E-state index in [0.29, 0.717) is 43.9 Å². The summed E-state index contributed by atoms with van der Waals surface area (Å²) in [5.74, 6) is -1.83. The maximum atomic E-state index is 12.5. The number of aliphatic carboxylic acids is 1. The van der Waals surface area contributed by atoms with Crippen LogP contribution >= 0.6 is 0 Å². The molecule has 3 rings (SSSR count). The Hall–Kier alpha value is -2.13. The van der Waals surface area contributed by atoms with Gasteiger partial charge in [0.2, 0.25) is 10.0 Å². The lowest BCUT2D eigenvalue weighted by Crippen LogP contribution is -2.48. The zero-order valence-electron chi connectivity index (χ0n) is 14.5. The molecule has 0 bridgehead atoms. The van der Waals surface area contributed by atoms with Crippen LogP contribution in [0.5, 0.6) is 0 Å². The fourth-order valence-corrected chi connectivity index (χ4v) is 4.45. The van der Waals surface area contributed by atoms with Crippen LogP contribution in [0.1, 0.15) is 28.8 Å². The van der Waals surface area contributed by atoms with Crippen LogP contribution in [0.15, 0.2) is 18.2 Å². The molecule has 2 heterocycles. The number of nitrogens with one attached hydrogen (secondary N) is 1. The van der Waals surface area contributed by atoms with Gasteiger partial charge < -0.3 is 15.2 Å². The van der Waals surface area contributed by atoms with Gasteiger partial charge in [0.05, 0.1) is 18.6 Å². The van der Waals surface area contributed by atoms with Crippen LogP contribution in [0, 0.1) is 5.92 Å². The number of amides is 1. The van der Waals surface area contributed by atoms with Gasteiger partial charge in [0.25, 0.3) is 5.91 Å². The highest BCUT2D eigenvalue weighted by molar-refractivity contribution is 7.92. The van der Waals surface area contributed by atoms with Gasteiger partial charge >= 0.3 is 5.97 Å². The van der Waals surface area contributed by atoms with Gasteiger partial charge in [-0.15, -0.1) is 0 Å². The Balaban J connectivity index is 1.77. The average molecular weight is 382 g/mol. The molecule has 8 nitrogen and oxygen atoms in total. The van der Waals surface area contributed by atoms with E-state index in [0.717, 1.165) is 18.2 Å². The number of sulfonamides is 1. The van der Waals surface area contributed by atoms with Crippen molar-refractivity contribution in [2.75, 3.05) is 30.3 Å². The van der Waals surface area contributed by atoms with Crippen molar-refractivity contribution >= 4 is 27.6 Å². The molecular formula is C17H22N2O6S. The summed E-state index contributed by atoms with van der Waals surface area (Å²) in [5, 5.41) is 12.0. The second-order valence-corrected chi connectivity index (χ2v) is 8.60. The third-order valence-corrected chi connectivity index (χ3v) is 5.99. The van der Waals surface area contributed by atoms with Gasteiger partial charge in [0.15, 0.2) is 0 Å². The molecule has 0 saturated carbocycles. The number of hydrogen-bond acceptors (Lipinski definition) is 5. The van der Waals surface area contributed by atoms with Crippen molar-refractivity contribution in [2.45, 2.75) is 25.3 Å². The first kappa shape index (κ1) is 18.7. The molecule has 1 fully saturated rings. The zero-order chi connectivity index (χ0) is 18.9. The molecule has 1 aromatic carbocycles. The molecule has 2 unspecified atom stereocenters. The van der Waals surface area contributed by atoms with E-state index in [1.54, 1.807) is 12.1 Å². The molecule has 0 spiro atoms. The van der Waals surface area contributed by atoms with Crippen LogP contribution in [0.3, 0.4) is 0 Å². The summed E-state index contributed by atoms with van der Waals surface area (Å²) in [4.78, 5) is 24.1. The Kier molecular flexibility index (Phi) is 5.19. The number of carbonyl (C=O) groups is 2. The van der Waals surface area contributed by atoms with E-state index in [-0.39, 0.29) is 5.92 Å². The number of hydrogen-bond donors (Lipinski definition) is 2. The van der Waals surface area contributed by atoms with Crippen molar-refractivity contribution in [2.24, 2.45) is 5.92 Å². The van der Waals surface area contributed by atoms with Crippen molar-refractivity contribution in [1.82, 2.24) is 5.32 Å². The average Bonchev–Trinajstić information content (AvgIpc) is 3.03. The number of anilines is 1. The molecule has 0 aromatic heterocycles. The third-order valence-electron chi connectivity index (χ3n) is 4.81. The highest BCUT2D eigenvalue weighted by atomic mass is 32.2. The normalized spacial score (nSPS) is 21.1. The van der Waals surface area contributed by atoms with Crippen LogP contribution in [-0.2, 0) is 26.0 Å². The number of carboxylic acid groups (broad SMARTS) is 1. The second-order valence-electron chi connectivity index (χ2n) is 6.70. The Bertz CT molecular complexity index is 817. The van der Waals surface area contributed by atoms with Gasteiger partial charge in [-0.25, -0.2) is 13.2 Å². The molecule has 2 N–H and O–H groups in total. The molecule has 2 aliphatic rings. The summed E-state index contributed by atoms with van der Waals surface area (Å²) in [6, 6.07) is 3.74. The van der Waals surface area contributed by atoms with Crippen LogP contribution in [0.25, 0.3) is 0 Å². The first-order chi connectivity index (χ1) is 12.3. The lowest BCUT2D eigenvalue weighted by Gasteiger charge is -2.28. The van der Waals surface area contributed by atoms with Gasteiger partial charge in [0, 0.05) is 24.6 Å². The standard InChI is InChI=1S/C17H22N2O6S/c1-26(23,24)19-7-6-11-9-12(4-5-14(11)19)16(20)18-15(17(21)22)13-3-2-8-25-10-13/h4-5,9,13,15H,2-3,6-8,10H2,1H3,(H,18,20)(H,21,22). The van der Waals surface area contributed by atoms with Gasteiger partial charge in [-0.05, 0) is 43.0 Å². The van der Waals surface area contributed by atoms with Gasteiger partial charge in [-0.1, -0.05) is 0 Å². The second kappa shape index (κ2) is 7.24. The van der Waals surface area contributed by atoms with E-state index in [1.165, 1.54) is 10.4 Å². The Labute approximate surface area is 152 Å². The van der Waals surface area contributed by atoms with E-state index in [4.69, 9.17) is 4.74 Å². The van der Waals surface area contributed by atoms with Crippen LogP contribution in [0.2, 0.25) is 0 Å². The summed E-state index contributed by atoms with van der Waals surface area (Å²) >= 11 is 0. The predicted octanol–water partition coefficient (Wildman–Crippen LogP) is 0.618. The molecule has 1 aromatic rings. The molecule has 2 aliphatic heterocycles. The summed E-state index contributed by atoms with van der Waals surface area (Å²) in [5.41, 5.74) is 1.65. The van der Waals surface area contributed by atoms with Crippen LogP contribution in [-0.4, -0.2) is 57.5 Å². The van der Waals surface area contributed by atoms with Crippen molar-refractivity contribution < 1.29 is 27.9 Å². The van der Waals surface area contributed by atoms with Crippen molar-refractivity contribution in [3.63, 3.8) is 0 Å². The number of rotatable bonds is 5. The van der Waals surface area contributed by atoms with Crippen molar-refractivity contribution in [3.05, 3.63) is 29.3 Å². The minimum Gasteiger partial charge on any atom is -0.480 e. The van der Waals surface area contributed by atoms with E-state index >= 15 is 0 Å². The maximum absolute atomic E-state index is 12.5. The summed E-state index contributed by atoms with van der Waals surface area (Å²) in [6.45, 7) is 1.26. The quantitative estimate of drug-likeness (QED) is 0.772. The Morgan fingerprint density at radius 2 is 2.15 bits per heavy atom. The Morgan fingerprint density at radius 1 is 1.38 bits per heavy atom. The largest absolute Gasteiger partial charge is 0.480 e. The molecule has 1 amide bonds. The molecule has 142 valence electrons. The van der Waals surface area contributed by atoms with Gasteiger partial charge in [-0.2, -0.15) is 0 Å². The SMILES string of the molecule is CS(=O)(=O)N1CCc2cc(C(=O)NC(C(=O)O)C3CCCOC3)ccc21. The lowest BCUT2D eigenvalue weighted by atomic mass is 9.93. The zero-order valence-corrected chi connectivity index (χ0v) is 15.3. The molecule has 0 aliphatic carbocycles. The topological polar surface area (TPSA) is 113 Å². The van der Waals surface area contributed by atoms with Crippen molar-refractivity contribution in [3.8, 4) is 0 Å². The number of carboxylic acids is 1. The number of fused-ring (bicyclic) bond motifs is 1. The predicted molar refractivity (Wildman–Crippen MR) is 94.8 cm³/mol. The number of carbonyl (C=O) groups excluding carboxylic acids is 1. The smallest absolute Gasteiger partial charge is 0.326 e. The minimum absolute atomic E-state index is 0.264. The third kappa shape index (κ3) is 3.83. The number of nitrogens with zero attached hydrogens (tertiary/aromatic N) is 1. The minimum atomic E-state index is -3.35. The maximum Gasteiger partial charge on any atom is 0.326 e. The van der Waals surface area contributed by atoms with Gasteiger partial charge in [0.1, 0.15) is 6.04 Å².